The van der Waals surface area contributed by atoms with E-state index >= 15 is 0 Å². The molecule has 3 heterocycles. The van der Waals surface area contributed by atoms with Gasteiger partial charge in [0, 0.05) is 22.9 Å². The van der Waals surface area contributed by atoms with Crippen LogP contribution < -0.4 is 11.1 Å². The molecule has 6 rings (SSSR count). The highest BCUT2D eigenvalue weighted by molar-refractivity contribution is 5.86. The van der Waals surface area contributed by atoms with E-state index in [1.807, 2.05) is 12.1 Å². The number of hydrogen-bond acceptors (Lipinski definition) is 5. The van der Waals surface area contributed by atoms with E-state index in [1.54, 1.807) is 6.20 Å². The van der Waals surface area contributed by atoms with Gasteiger partial charge in [-0.05, 0) is 56.0 Å². The molecule has 2 aliphatic rings. The molecule has 3 N–H and O–H groups in total. The lowest BCUT2D eigenvalue weighted by Gasteiger charge is -2.38. The summed E-state index contributed by atoms with van der Waals surface area (Å²) in [6.45, 7) is 2.08. The average Bonchev–Trinajstić information content (AvgIpc) is 3.13. The molecule has 7 heteroatoms. The maximum Gasteiger partial charge on any atom is 0.171 e. The van der Waals surface area contributed by atoms with Crippen LogP contribution in [0.1, 0.15) is 30.4 Å². The summed E-state index contributed by atoms with van der Waals surface area (Å²) >= 11 is 0. The summed E-state index contributed by atoms with van der Waals surface area (Å²) in [5.74, 6) is 2.39. The standard InChI is InChI=1S/C24H22N6.ClH/c1-15-5-10-19-18(14-15)23-29-28-22(30(23)20-4-2-13-26-21(20)27-19)16-6-8-17(9-7-16)24(25)11-3-12-24;/h2,4-10,13-14H,3,11-12,25H2,1H3,(H,26,27);1H. The van der Waals surface area contributed by atoms with Crippen LogP contribution in [0.25, 0.3) is 28.5 Å². The number of nitrogens with zero attached hydrogens (tertiary/aromatic N) is 4. The molecule has 0 unspecified atom stereocenters. The van der Waals surface area contributed by atoms with E-state index < -0.39 is 0 Å². The first-order valence-electron chi connectivity index (χ1n) is 10.3. The summed E-state index contributed by atoms with van der Waals surface area (Å²) < 4.78 is 2.09. The minimum Gasteiger partial charge on any atom is -0.338 e. The Labute approximate surface area is 187 Å². The molecule has 0 bridgehead atoms. The van der Waals surface area contributed by atoms with Crippen LogP contribution in [-0.4, -0.2) is 19.7 Å². The maximum absolute atomic E-state index is 6.51. The predicted octanol–water partition coefficient (Wildman–Crippen LogP) is 5.12. The molecule has 1 aliphatic carbocycles. The molecule has 0 amide bonds. The van der Waals surface area contributed by atoms with E-state index in [4.69, 9.17) is 5.73 Å². The van der Waals surface area contributed by atoms with Crippen LogP contribution in [0.2, 0.25) is 0 Å². The van der Waals surface area contributed by atoms with Crippen LogP contribution in [0.3, 0.4) is 0 Å². The number of hydrogen-bond donors (Lipinski definition) is 2. The zero-order valence-electron chi connectivity index (χ0n) is 17.2. The van der Waals surface area contributed by atoms with Crippen molar-refractivity contribution in [2.45, 2.75) is 31.7 Å². The Morgan fingerprint density at radius 3 is 2.52 bits per heavy atom. The minimum absolute atomic E-state index is 0. The van der Waals surface area contributed by atoms with Gasteiger partial charge in [0.15, 0.2) is 17.5 Å². The van der Waals surface area contributed by atoms with Gasteiger partial charge >= 0.3 is 0 Å². The molecule has 4 aromatic rings. The maximum atomic E-state index is 6.51. The number of aromatic nitrogens is 4. The lowest BCUT2D eigenvalue weighted by atomic mass is 9.73. The van der Waals surface area contributed by atoms with Crippen molar-refractivity contribution in [1.82, 2.24) is 19.7 Å². The topological polar surface area (TPSA) is 81.7 Å². The first kappa shape index (κ1) is 19.7. The van der Waals surface area contributed by atoms with Gasteiger partial charge in [-0.15, -0.1) is 22.6 Å². The van der Waals surface area contributed by atoms with Gasteiger partial charge in [-0.3, -0.25) is 4.57 Å². The van der Waals surface area contributed by atoms with Gasteiger partial charge in [0.05, 0.1) is 11.4 Å². The van der Waals surface area contributed by atoms with Crippen molar-refractivity contribution in [2.75, 3.05) is 5.32 Å². The molecule has 1 aliphatic heterocycles. The predicted molar refractivity (Wildman–Crippen MR) is 125 cm³/mol. The van der Waals surface area contributed by atoms with Crippen LogP contribution in [0, 0.1) is 6.92 Å². The highest BCUT2D eigenvalue weighted by Gasteiger charge is 2.34. The van der Waals surface area contributed by atoms with Crippen molar-refractivity contribution in [2.24, 2.45) is 5.73 Å². The fourth-order valence-corrected chi connectivity index (χ4v) is 4.42. The van der Waals surface area contributed by atoms with E-state index in [1.165, 1.54) is 17.5 Å². The number of nitrogens with one attached hydrogen (secondary N) is 1. The highest BCUT2D eigenvalue weighted by atomic mass is 35.5. The molecule has 2 aromatic heterocycles. The number of fused-ring (bicyclic) bond motifs is 5. The third-order valence-electron chi connectivity index (χ3n) is 6.32. The second-order valence-electron chi connectivity index (χ2n) is 8.31. The van der Waals surface area contributed by atoms with Crippen LogP contribution >= 0.6 is 12.4 Å². The quantitative estimate of drug-likeness (QED) is 0.406. The molecule has 0 atom stereocenters. The summed E-state index contributed by atoms with van der Waals surface area (Å²) in [5, 5.41) is 12.7. The number of rotatable bonds is 2. The number of nitrogens with two attached hydrogens (primary N) is 1. The number of aryl methyl sites for hydroxylation is 1. The second kappa shape index (κ2) is 7.18. The second-order valence-corrected chi connectivity index (χ2v) is 8.31. The minimum atomic E-state index is -0.169. The van der Waals surface area contributed by atoms with Crippen LogP contribution in [0.15, 0.2) is 60.8 Å². The van der Waals surface area contributed by atoms with Crippen molar-refractivity contribution in [3.8, 4) is 28.5 Å². The Bertz CT molecular complexity index is 1270. The SMILES string of the molecule is Cc1ccc2c(c1)-c1nnc(-c3ccc(C4(N)CCC4)cc3)n1-c1cccnc1N2.Cl. The van der Waals surface area contributed by atoms with Crippen molar-refractivity contribution in [3.63, 3.8) is 0 Å². The lowest BCUT2D eigenvalue weighted by molar-refractivity contribution is 0.253. The van der Waals surface area contributed by atoms with Crippen molar-refractivity contribution >= 4 is 23.9 Å². The zero-order chi connectivity index (χ0) is 20.3. The fourth-order valence-electron chi connectivity index (χ4n) is 4.42. The first-order valence-corrected chi connectivity index (χ1v) is 10.3. The number of pyridine rings is 1. The van der Waals surface area contributed by atoms with Gasteiger partial charge < -0.3 is 11.1 Å². The van der Waals surface area contributed by atoms with Crippen molar-refractivity contribution in [1.29, 1.82) is 0 Å². The molecule has 1 fully saturated rings. The molecular formula is C24H23ClN6. The Morgan fingerprint density at radius 1 is 1.00 bits per heavy atom. The molecule has 0 spiro atoms. The Kier molecular flexibility index (Phi) is 4.57. The number of benzene rings is 2. The Hall–Kier alpha value is -3.22. The van der Waals surface area contributed by atoms with Crippen LogP contribution in [0.4, 0.5) is 11.5 Å². The van der Waals surface area contributed by atoms with Crippen LogP contribution in [0.5, 0.6) is 0 Å². The summed E-state index contributed by atoms with van der Waals surface area (Å²) in [6.07, 6.45) is 5.09. The molecule has 156 valence electrons. The molecule has 0 saturated heterocycles. The molecule has 2 aromatic carbocycles. The Balaban J connectivity index is 0.00000204. The third-order valence-corrected chi connectivity index (χ3v) is 6.32. The summed E-state index contributed by atoms with van der Waals surface area (Å²) in [7, 11) is 0. The zero-order valence-corrected chi connectivity index (χ0v) is 18.0. The van der Waals surface area contributed by atoms with Crippen molar-refractivity contribution < 1.29 is 0 Å². The summed E-state index contributed by atoms with van der Waals surface area (Å²) in [5.41, 5.74) is 12.6. The molecule has 31 heavy (non-hydrogen) atoms. The lowest BCUT2D eigenvalue weighted by Crippen LogP contribution is -2.43. The van der Waals surface area contributed by atoms with Gasteiger partial charge in [-0.2, -0.15) is 0 Å². The van der Waals surface area contributed by atoms with Gasteiger partial charge in [0.25, 0.3) is 0 Å². The third kappa shape index (κ3) is 3.02. The smallest absolute Gasteiger partial charge is 0.171 e. The van der Waals surface area contributed by atoms with Crippen LogP contribution in [-0.2, 0) is 5.54 Å². The molecular weight excluding hydrogens is 408 g/mol. The molecule has 1 saturated carbocycles. The van der Waals surface area contributed by atoms with E-state index in [0.717, 1.165) is 52.8 Å². The van der Waals surface area contributed by atoms with Gasteiger partial charge in [-0.1, -0.05) is 35.9 Å². The Morgan fingerprint density at radius 2 is 1.77 bits per heavy atom. The van der Waals surface area contributed by atoms with Gasteiger partial charge in [0.1, 0.15) is 0 Å². The average molecular weight is 431 g/mol. The molecule has 0 radical (unpaired) electrons. The van der Waals surface area contributed by atoms with E-state index in [-0.39, 0.29) is 17.9 Å². The monoisotopic (exact) mass is 430 g/mol. The van der Waals surface area contributed by atoms with Gasteiger partial charge in [0.2, 0.25) is 0 Å². The highest BCUT2D eigenvalue weighted by Crippen LogP contribution is 2.41. The molecule has 6 nitrogen and oxygen atoms in total. The number of halogens is 1. The van der Waals surface area contributed by atoms with Gasteiger partial charge in [-0.25, -0.2) is 4.98 Å². The normalized spacial score (nSPS) is 15.3. The van der Waals surface area contributed by atoms with E-state index in [2.05, 4.69) is 74.5 Å². The van der Waals surface area contributed by atoms with E-state index in [0.29, 0.717) is 0 Å². The van der Waals surface area contributed by atoms with Crippen molar-refractivity contribution in [3.05, 3.63) is 71.9 Å². The number of anilines is 2. The summed E-state index contributed by atoms with van der Waals surface area (Å²) in [6, 6.07) is 18.7. The largest absolute Gasteiger partial charge is 0.338 e. The summed E-state index contributed by atoms with van der Waals surface area (Å²) in [4.78, 5) is 4.57. The van der Waals surface area contributed by atoms with E-state index in [9.17, 15) is 0 Å². The fraction of sp³-hybridized carbons (Fsp3) is 0.208. The first-order chi connectivity index (χ1) is 14.6.